The van der Waals surface area contributed by atoms with Crippen LogP contribution in [-0.2, 0) is 4.79 Å². The topological polar surface area (TPSA) is 79.3 Å². The number of carbonyl (C=O) groups excluding carboxylic acids is 2. The average Bonchev–Trinajstić information content (AvgIpc) is 3.59. The minimum absolute atomic E-state index is 0.203. The van der Waals surface area contributed by atoms with E-state index < -0.39 is 6.04 Å². The van der Waals surface area contributed by atoms with Crippen molar-refractivity contribution in [3.63, 3.8) is 0 Å². The molecule has 0 aliphatic carbocycles. The second kappa shape index (κ2) is 10.6. The first-order valence-electron chi connectivity index (χ1n) is 12.6. The smallest absolute Gasteiger partial charge is 0.251 e. The Morgan fingerprint density at radius 3 is 2.50 bits per heavy atom. The van der Waals surface area contributed by atoms with E-state index in [2.05, 4.69) is 26.6 Å². The maximum Gasteiger partial charge on any atom is 0.251 e. The van der Waals surface area contributed by atoms with Crippen LogP contribution in [0.25, 0.3) is 16.7 Å². The van der Waals surface area contributed by atoms with E-state index in [0.717, 1.165) is 47.6 Å². The van der Waals surface area contributed by atoms with Crippen LogP contribution in [0, 0.1) is 0 Å². The number of aromatic nitrogens is 2. The molecule has 2 N–H and O–H groups in total. The molecule has 7 nitrogen and oxygen atoms in total. The molecule has 0 saturated carbocycles. The predicted octanol–water partition coefficient (Wildman–Crippen LogP) is 5.16. The molecule has 1 aliphatic heterocycles. The van der Waals surface area contributed by atoms with Gasteiger partial charge in [-0.25, -0.2) is 4.98 Å². The van der Waals surface area contributed by atoms with E-state index in [1.165, 1.54) is 12.8 Å². The summed E-state index contributed by atoms with van der Waals surface area (Å²) in [6, 6.07) is 22.6. The molecule has 1 fully saturated rings. The van der Waals surface area contributed by atoms with Crippen molar-refractivity contribution in [2.24, 2.45) is 0 Å². The van der Waals surface area contributed by atoms with Crippen LogP contribution in [0.4, 0.5) is 11.4 Å². The van der Waals surface area contributed by atoms with Crippen molar-refractivity contribution in [2.45, 2.75) is 38.6 Å². The highest BCUT2D eigenvalue weighted by Crippen LogP contribution is 2.24. The van der Waals surface area contributed by atoms with E-state index in [9.17, 15) is 9.59 Å². The molecule has 0 radical (unpaired) electrons. The summed E-state index contributed by atoms with van der Waals surface area (Å²) in [5, 5.41) is 5.93. The van der Waals surface area contributed by atoms with Crippen molar-refractivity contribution in [1.29, 1.82) is 0 Å². The van der Waals surface area contributed by atoms with Gasteiger partial charge >= 0.3 is 0 Å². The Balaban J connectivity index is 1.26. The van der Waals surface area contributed by atoms with Crippen molar-refractivity contribution >= 4 is 34.2 Å². The summed E-state index contributed by atoms with van der Waals surface area (Å²) in [6.07, 6.45) is 5.50. The Kier molecular flexibility index (Phi) is 6.98. The molecule has 0 spiro atoms. The third-order valence-electron chi connectivity index (χ3n) is 6.65. The molecule has 2 amide bonds. The Hall–Kier alpha value is -4.13. The molecule has 2 heterocycles. The lowest BCUT2D eigenvalue weighted by Gasteiger charge is -2.20. The number of imidazole rings is 1. The number of nitrogens with one attached hydrogen (secondary N) is 2. The number of hydrogen-bond donors (Lipinski definition) is 2. The SMILES string of the molecule is CCCC(NC(=O)c1ccc(-n2cnc3ccccc32)cc1)C(=O)Nc1cccc(N2CCCC2)c1. The molecule has 1 atom stereocenters. The molecule has 0 bridgehead atoms. The summed E-state index contributed by atoms with van der Waals surface area (Å²) >= 11 is 0. The van der Waals surface area contributed by atoms with Crippen LogP contribution in [0.3, 0.4) is 0 Å². The highest BCUT2D eigenvalue weighted by molar-refractivity contribution is 6.01. The van der Waals surface area contributed by atoms with E-state index in [4.69, 9.17) is 0 Å². The first-order chi connectivity index (χ1) is 17.6. The summed E-state index contributed by atoms with van der Waals surface area (Å²) < 4.78 is 1.99. The number of hydrogen-bond acceptors (Lipinski definition) is 4. The number of benzene rings is 3. The summed E-state index contributed by atoms with van der Waals surface area (Å²) in [6.45, 7) is 4.09. The van der Waals surface area contributed by atoms with E-state index in [1.54, 1.807) is 18.5 Å². The van der Waals surface area contributed by atoms with Gasteiger partial charge in [0.15, 0.2) is 0 Å². The number of carbonyl (C=O) groups is 2. The summed E-state index contributed by atoms with van der Waals surface area (Å²) in [5.74, 6) is -0.471. The number of anilines is 2. The monoisotopic (exact) mass is 481 g/mol. The second-order valence-corrected chi connectivity index (χ2v) is 9.20. The van der Waals surface area contributed by atoms with E-state index in [1.807, 2.05) is 66.1 Å². The average molecular weight is 482 g/mol. The van der Waals surface area contributed by atoms with Gasteiger partial charge in [0, 0.05) is 35.7 Å². The minimum atomic E-state index is -0.616. The third-order valence-corrected chi connectivity index (χ3v) is 6.65. The number of fused-ring (bicyclic) bond motifs is 1. The molecule has 4 aromatic rings. The Labute approximate surface area is 211 Å². The summed E-state index contributed by atoms with van der Waals surface area (Å²) in [7, 11) is 0. The molecule has 1 aromatic heterocycles. The third kappa shape index (κ3) is 5.10. The van der Waals surface area contributed by atoms with Crippen LogP contribution in [0.2, 0.25) is 0 Å². The van der Waals surface area contributed by atoms with Crippen molar-refractivity contribution in [3.05, 3.63) is 84.7 Å². The largest absolute Gasteiger partial charge is 0.371 e. The first kappa shape index (κ1) is 23.6. The molecular formula is C29H31N5O2. The van der Waals surface area contributed by atoms with Crippen LogP contribution >= 0.6 is 0 Å². The molecular weight excluding hydrogens is 450 g/mol. The van der Waals surface area contributed by atoms with Crippen molar-refractivity contribution in [3.8, 4) is 5.69 Å². The molecule has 7 heteroatoms. The van der Waals surface area contributed by atoms with Gasteiger partial charge in [-0.1, -0.05) is 31.5 Å². The minimum Gasteiger partial charge on any atom is -0.371 e. The van der Waals surface area contributed by atoms with Gasteiger partial charge in [0.25, 0.3) is 5.91 Å². The van der Waals surface area contributed by atoms with Crippen LogP contribution in [0.5, 0.6) is 0 Å². The fourth-order valence-corrected chi connectivity index (χ4v) is 4.72. The van der Waals surface area contributed by atoms with Crippen LogP contribution < -0.4 is 15.5 Å². The van der Waals surface area contributed by atoms with Gasteiger partial charge in [-0.2, -0.15) is 0 Å². The van der Waals surface area contributed by atoms with Crippen LogP contribution in [-0.4, -0.2) is 40.5 Å². The zero-order chi connectivity index (χ0) is 24.9. The van der Waals surface area contributed by atoms with Gasteiger partial charge < -0.3 is 15.5 Å². The Morgan fingerprint density at radius 2 is 1.72 bits per heavy atom. The van der Waals surface area contributed by atoms with Crippen molar-refractivity contribution in [1.82, 2.24) is 14.9 Å². The van der Waals surface area contributed by atoms with Gasteiger partial charge in [-0.15, -0.1) is 0 Å². The second-order valence-electron chi connectivity index (χ2n) is 9.20. The lowest BCUT2D eigenvalue weighted by atomic mass is 10.1. The van der Waals surface area contributed by atoms with Crippen molar-refractivity contribution < 1.29 is 9.59 Å². The molecule has 5 rings (SSSR count). The van der Waals surface area contributed by atoms with Crippen LogP contribution in [0.1, 0.15) is 43.0 Å². The lowest BCUT2D eigenvalue weighted by molar-refractivity contribution is -0.118. The fourth-order valence-electron chi connectivity index (χ4n) is 4.72. The van der Waals surface area contributed by atoms with Crippen molar-refractivity contribution in [2.75, 3.05) is 23.3 Å². The first-order valence-corrected chi connectivity index (χ1v) is 12.6. The molecule has 1 unspecified atom stereocenters. The normalized spacial score (nSPS) is 14.1. The maximum atomic E-state index is 13.1. The number of para-hydroxylation sites is 2. The number of nitrogens with zero attached hydrogens (tertiary/aromatic N) is 3. The van der Waals surface area contributed by atoms with Gasteiger partial charge in [-0.3, -0.25) is 14.2 Å². The highest BCUT2D eigenvalue weighted by atomic mass is 16.2. The quantitative estimate of drug-likeness (QED) is 0.364. The summed E-state index contributed by atoms with van der Waals surface area (Å²) in [4.78, 5) is 32.9. The Bertz CT molecular complexity index is 1360. The number of rotatable bonds is 8. The van der Waals surface area contributed by atoms with Gasteiger partial charge in [0.05, 0.1) is 11.0 Å². The molecule has 1 saturated heterocycles. The van der Waals surface area contributed by atoms with Gasteiger partial charge in [-0.05, 0) is 73.9 Å². The molecule has 1 aliphatic rings. The molecule has 3 aromatic carbocycles. The summed E-state index contributed by atoms with van der Waals surface area (Å²) in [5.41, 5.74) is 5.21. The maximum absolute atomic E-state index is 13.1. The lowest BCUT2D eigenvalue weighted by Crippen LogP contribution is -2.43. The predicted molar refractivity (Wildman–Crippen MR) is 144 cm³/mol. The van der Waals surface area contributed by atoms with E-state index in [-0.39, 0.29) is 11.8 Å². The van der Waals surface area contributed by atoms with Gasteiger partial charge in [0.1, 0.15) is 12.4 Å². The Morgan fingerprint density at radius 1 is 0.944 bits per heavy atom. The standard InChI is InChI=1S/C29H31N5O2/c1-2-8-26(29(36)31-22-9-7-10-24(19-22)33-17-5-6-18-33)32-28(35)21-13-15-23(16-14-21)34-20-30-25-11-3-4-12-27(25)34/h3-4,7,9-16,19-20,26H,2,5-6,8,17-18H2,1H3,(H,31,36)(H,32,35). The molecule has 184 valence electrons. The number of amides is 2. The van der Waals surface area contributed by atoms with E-state index in [0.29, 0.717) is 12.0 Å². The van der Waals surface area contributed by atoms with E-state index >= 15 is 0 Å². The van der Waals surface area contributed by atoms with Gasteiger partial charge in [0.2, 0.25) is 5.91 Å². The zero-order valence-electron chi connectivity index (χ0n) is 20.5. The molecule has 36 heavy (non-hydrogen) atoms. The fraction of sp³-hybridized carbons (Fsp3) is 0.276. The highest BCUT2D eigenvalue weighted by Gasteiger charge is 2.21. The van der Waals surface area contributed by atoms with Crippen LogP contribution in [0.15, 0.2) is 79.1 Å². The zero-order valence-corrected chi connectivity index (χ0v) is 20.5.